The number of hydrogen-bond donors (Lipinski definition) is 8. The fraction of sp³-hybridized carbons (Fsp3) is 0.923. The Bertz CT molecular complexity index is 501. The van der Waals surface area contributed by atoms with E-state index in [0.29, 0.717) is 0 Å². The number of ether oxygens (including phenoxy) is 4. The Labute approximate surface area is 176 Å². The van der Waals surface area contributed by atoms with Crippen molar-refractivity contribution in [3.8, 4) is 0 Å². The van der Waals surface area contributed by atoms with Gasteiger partial charge in [0.1, 0.15) is 55.9 Å². The van der Waals surface area contributed by atoms with Crippen LogP contribution in [-0.4, -0.2) is 122 Å². The normalized spacial score (nSPS) is 44.6. The van der Waals surface area contributed by atoms with E-state index in [2.05, 4.69) is 4.74 Å². The van der Waals surface area contributed by atoms with Crippen molar-refractivity contribution in [3.63, 3.8) is 0 Å². The maximum Gasteiger partial charge on any atom is 1.00 e. The van der Waals surface area contributed by atoms with Crippen LogP contribution < -0.4 is 29.6 Å². The summed E-state index contributed by atoms with van der Waals surface area (Å²) in [6.45, 7) is -2.45. The molecular weight excluding hydrogens is 387 g/mol. The Morgan fingerprint density at radius 2 is 1.63 bits per heavy atom. The molecule has 14 heteroatoms. The molecule has 9 atom stereocenters. The maximum absolute atomic E-state index is 10.5. The zero-order valence-corrected chi connectivity index (χ0v) is 16.4. The molecule has 0 amide bonds. The van der Waals surface area contributed by atoms with Crippen LogP contribution in [0.1, 0.15) is 1.43 Å². The second-order valence-electron chi connectivity index (χ2n) is 5.95. The molecule has 0 unspecified atom stereocenters. The van der Waals surface area contributed by atoms with Gasteiger partial charge < -0.3 is 61.2 Å². The maximum atomic E-state index is 10.5. The molecule has 0 aromatic rings. The number of carboxylic acid groups (broad SMARTS) is 1. The molecule has 2 aliphatic heterocycles. The van der Waals surface area contributed by atoms with E-state index >= 15 is 0 Å². The average molecular weight is 410 g/mol. The standard InChI is InChI=1S/C13H22O13.Na.H/c14-1-4-7(17)10(20)13(3-15,25-4)26-11-9(19)8(18)6(16)5(24-11)2-23-12(21)22;;/h4-11,14-20H,1-3H2,(H,21,22);;/q;+1;-1/t4-,5-,6-,7-,8+,9-,10+,11-,13+;;/m1../s1. The van der Waals surface area contributed by atoms with Gasteiger partial charge in [-0.3, -0.25) is 0 Å². The molecule has 0 radical (unpaired) electrons. The van der Waals surface area contributed by atoms with Crippen LogP contribution in [0.5, 0.6) is 0 Å². The average Bonchev–Trinajstić information content (AvgIpc) is 2.86. The van der Waals surface area contributed by atoms with Gasteiger partial charge in [-0.15, -0.1) is 0 Å². The van der Waals surface area contributed by atoms with Crippen molar-refractivity contribution in [2.75, 3.05) is 19.8 Å². The van der Waals surface area contributed by atoms with Gasteiger partial charge in [-0.05, 0) is 0 Å². The third kappa shape index (κ3) is 5.08. The van der Waals surface area contributed by atoms with Gasteiger partial charge in [-0.2, -0.15) is 0 Å². The van der Waals surface area contributed by atoms with Crippen molar-refractivity contribution < 1.29 is 95.6 Å². The minimum absolute atomic E-state index is 0. The van der Waals surface area contributed by atoms with Gasteiger partial charge in [-0.25, -0.2) is 4.79 Å². The zero-order valence-electron chi connectivity index (χ0n) is 15.4. The Morgan fingerprint density at radius 1 is 1.00 bits per heavy atom. The summed E-state index contributed by atoms with van der Waals surface area (Å²) < 4.78 is 19.8. The quantitative estimate of drug-likeness (QED) is 0.151. The third-order valence-electron chi connectivity index (χ3n) is 4.26. The van der Waals surface area contributed by atoms with Crippen molar-refractivity contribution in [2.45, 2.75) is 54.8 Å². The van der Waals surface area contributed by atoms with Crippen LogP contribution >= 0.6 is 0 Å². The van der Waals surface area contributed by atoms with E-state index < -0.39 is 80.8 Å². The number of rotatable bonds is 6. The second kappa shape index (κ2) is 10.1. The van der Waals surface area contributed by atoms with Crippen LogP contribution in [0.2, 0.25) is 0 Å². The zero-order chi connectivity index (χ0) is 19.6. The Kier molecular flexibility index (Phi) is 9.29. The van der Waals surface area contributed by atoms with Crippen molar-refractivity contribution in [3.05, 3.63) is 0 Å². The molecule has 0 spiro atoms. The van der Waals surface area contributed by atoms with Crippen LogP contribution in [0, 0.1) is 0 Å². The molecule has 0 aromatic heterocycles. The van der Waals surface area contributed by atoms with Gasteiger partial charge in [0.2, 0.25) is 5.79 Å². The van der Waals surface area contributed by atoms with E-state index in [1.165, 1.54) is 0 Å². The van der Waals surface area contributed by atoms with Crippen molar-refractivity contribution in [1.82, 2.24) is 0 Å². The minimum atomic E-state index is -2.31. The van der Waals surface area contributed by atoms with E-state index in [9.17, 15) is 35.4 Å². The van der Waals surface area contributed by atoms with Gasteiger partial charge in [-0.1, -0.05) is 0 Å². The summed E-state index contributed by atoms with van der Waals surface area (Å²) in [7, 11) is 0. The monoisotopic (exact) mass is 410 g/mol. The van der Waals surface area contributed by atoms with E-state index in [-0.39, 0.29) is 31.0 Å². The summed E-state index contributed by atoms with van der Waals surface area (Å²) in [6.07, 6.45) is -15.1. The molecule has 2 aliphatic rings. The number of aliphatic hydroxyl groups is 7. The summed E-state index contributed by atoms with van der Waals surface area (Å²) in [6, 6.07) is 0. The van der Waals surface area contributed by atoms with Crippen molar-refractivity contribution in [2.24, 2.45) is 0 Å². The fourth-order valence-corrected chi connectivity index (χ4v) is 2.77. The smallest absolute Gasteiger partial charge is 1.00 e. The summed E-state index contributed by atoms with van der Waals surface area (Å²) in [5, 5.41) is 76.7. The number of aliphatic hydroxyl groups excluding tert-OH is 7. The molecule has 2 fully saturated rings. The van der Waals surface area contributed by atoms with Gasteiger partial charge in [0.15, 0.2) is 6.29 Å². The van der Waals surface area contributed by atoms with Gasteiger partial charge in [0.25, 0.3) is 0 Å². The van der Waals surface area contributed by atoms with E-state index in [0.717, 1.165) is 0 Å². The van der Waals surface area contributed by atoms with Crippen LogP contribution in [0.25, 0.3) is 0 Å². The predicted octanol–water partition coefficient (Wildman–Crippen LogP) is -7.58. The Morgan fingerprint density at radius 3 is 2.11 bits per heavy atom. The third-order valence-corrected chi connectivity index (χ3v) is 4.26. The van der Waals surface area contributed by atoms with Crippen LogP contribution in [-0.2, 0) is 18.9 Å². The van der Waals surface area contributed by atoms with Crippen molar-refractivity contribution in [1.29, 1.82) is 0 Å². The first-order chi connectivity index (χ1) is 12.2. The van der Waals surface area contributed by atoms with Crippen molar-refractivity contribution >= 4 is 6.16 Å². The Balaban J connectivity index is 0.00000364. The molecule has 154 valence electrons. The van der Waals surface area contributed by atoms with E-state index in [1.807, 2.05) is 0 Å². The van der Waals surface area contributed by atoms with E-state index in [4.69, 9.17) is 24.4 Å². The van der Waals surface area contributed by atoms with Crippen LogP contribution in [0.15, 0.2) is 0 Å². The molecule has 0 saturated carbocycles. The molecular formula is C13H23NaO13. The van der Waals surface area contributed by atoms with Gasteiger partial charge >= 0.3 is 35.7 Å². The second-order valence-corrected chi connectivity index (χ2v) is 5.95. The molecule has 27 heavy (non-hydrogen) atoms. The van der Waals surface area contributed by atoms with E-state index in [1.54, 1.807) is 0 Å². The molecule has 13 nitrogen and oxygen atoms in total. The summed E-state index contributed by atoms with van der Waals surface area (Å²) in [4.78, 5) is 10.5. The predicted molar refractivity (Wildman–Crippen MR) is 76.6 cm³/mol. The number of hydrogen-bond acceptors (Lipinski definition) is 12. The topological polar surface area (TPSA) is 216 Å². The largest absolute Gasteiger partial charge is 1.00 e. The van der Waals surface area contributed by atoms with Gasteiger partial charge in [0, 0.05) is 0 Å². The van der Waals surface area contributed by atoms with Crippen LogP contribution in [0.3, 0.4) is 0 Å². The molecule has 2 rings (SSSR count). The molecule has 0 aliphatic carbocycles. The molecule has 0 aromatic carbocycles. The summed E-state index contributed by atoms with van der Waals surface area (Å²) >= 11 is 0. The molecule has 8 N–H and O–H groups in total. The molecule has 2 saturated heterocycles. The first-order valence-electron chi connectivity index (χ1n) is 7.65. The minimum Gasteiger partial charge on any atom is -1.00 e. The Hall–Kier alpha value is -0.130. The molecule has 2 heterocycles. The number of carbonyl (C=O) groups is 1. The first-order valence-corrected chi connectivity index (χ1v) is 7.65. The summed E-state index contributed by atoms with van der Waals surface area (Å²) in [5.74, 6) is -2.31. The first kappa shape index (κ1) is 24.9. The SMILES string of the molecule is O=C(O)OC[C@H]1O[C@H](O[C@]2(CO)O[C@H](CO)[C@@H](O)[C@@H]2O)[C@H](O)[C@@H](O)[C@@H]1O.[H-].[Na+]. The van der Waals surface area contributed by atoms with Crippen LogP contribution in [0.4, 0.5) is 4.79 Å². The molecule has 0 bridgehead atoms. The fourth-order valence-electron chi connectivity index (χ4n) is 2.77. The summed E-state index contributed by atoms with van der Waals surface area (Å²) in [5.41, 5.74) is 0. The van der Waals surface area contributed by atoms with Gasteiger partial charge in [0.05, 0.1) is 6.61 Å².